The molecule has 15 heteroatoms. The van der Waals surface area contributed by atoms with E-state index in [0.717, 1.165) is 23.1 Å². The van der Waals surface area contributed by atoms with Gasteiger partial charge in [-0.3, -0.25) is 14.4 Å². The first-order valence-electron chi connectivity index (χ1n) is 24.5. The second kappa shape index (κ2) is 23.1. The molecule has 2 bridgehead atoms. The number of aromatic nitrogens is 1. The zero-order valence-electron chi connectivity index (χ0n) is 41.5. The number of amides is 1. The minimum absolute atomic E-state index is 0.0204. The molecule has 6 rings (SSSR count). The topological polar surface area (TPSA) is 193 Å². The zero-order valence-corrected chi connectivity index (χ0v) is 41.5. The molecular weight excluding hydrogens is 873 g/mol. The van der Waals surface area contributed by atoms with Crippen LogP contribution in [0, 0.1) is 29.6 Å². The number of hydrogen-bond acceptors (Lipinski definition) is 13. The van der Waals surface area contributed by atoms with Gasteiger partial charge in [0.05, 0.1) is 30.5 Å². The Morgan fingerprint density at radius 3 is 2.32 bits per heavy atom. The van der Waals surface area contributed by atoms with Gasteiger partial charge in [0, 0.05) is 76.2 Å². The molecule has 3 fully saturated rings. The minimum Gasteiger partial charge on any atom is -0.488 e. The highest BCUT2D eigenvalue weighted by atomic mass is 16.7. The molecule has 1 saturated carbocycles. The van der Waals surface area contributed by atoms with E-state index in [4.69, 9.17) is 28.4 Å². The first-order chi connectivity index (χ1) is 32.3. The number of aliphatic hydroxyl groups excluding tert-OH is 2. The number of esters is 1. The van der Waals surface area contributed by atoms with E-state index in [1.165, 1.54) is 19.1 Å². The number of aryl methyl sites for hydroxylation is 1. The summed E-state index contributed by atoms with van der Waals surface area (Å²) in [5.41, 5.74) is 2.27. The maximum absolute atomic E-state index is 14.6. The number of piperidine rings is 1. The Hall–Kier alpha value is -4.22. The predicted molar refractivity (Wildman–Crippen MR) is 255 cm³/mol. The van der Waals surface area contributed by atoms with Gasteiger partial charge >= 0.3 is 5.97 Å². The molecule has 2 saturated heterocycles. The first-order valence-corrected chi connectivity index (χ1v) is 24.5. The Bertz CT molecular complexity index is 2170. The van der Waals surface area contributed by atoms with E-state index in [-0.39, 0.29) is 62.6 Å². The van der Waals surface area contributed by atoms with E-state index >= 15 is 0 Å². The number of Topliss-reactive ketones (excluding diaryl/α,β-unsaturated/α-hetero) is 2. The standard InChI is InChI=1S/C53H76N2O13/c1-11-14-37-24-30(2)47(58)31(3)25-45(64-9)49-46(65-10)26-33(5)53(62,68-49)50(59)51(60)55-21-13-12-15-40(55)52(61)67-48(34(6)41(56)29-42(37)57)32(4)23-35-16-19-43(44(27-35)63-8)66-38-17-18-39-36(28-38)20-22-54(39)7/h11,17-18,20,22-24,28,31,33-35,37,40-41,43-49,56,58,62H,1,12-16,19,21,25-27,29H2,2-10H3. The molecule has 0 spiro atoms. The third-order valence-corrected chi connectivity index (χ3v) is 15.3. The quantitative estimate of drug-likeness (QED) is 0.147. The van der Waals surface area contributed by atoms with Gasteiger partial charge in [0.15, 0.2) is 0 Å². The van der Waals surface area contributed by atoms with Gasteiger partial charge in [-0.2, -0.15) is 0 Å². The van der Waals surface area contributed by atoms with Crippen LogP contribution in [-0.4, -0.2) is 137 Å². The summed E-state index contributed by atoms with van der Waals surface area (Å²) in [6.07, 6.45) is 4.70. The summed E-state index contributed by atoms with van der Waals surface area (Å²) < 4.78 is 38.9. The second-order valence-electron chi connectivity index (χ2n) is 20.0. The Kier molecular flexibility index (Phi) is 18.1. The molecule has 4 aliphatic rings. The van der Waals surface area contributed by atoms with E-state index < -0.39 is 89.8 Å². The number of benzene rings is 1. The number of methoxy groups -OCH3 is 3. The molecular formula is C53H76N2O13. The fourth-order valence-electron chi connectivity index (χ4n) is 11.0. The van der Waals surface area contributed by atoms with E-state index in [1.807, 2.05) is 57.4 Å². The van der Waals surface area contributed by atoms with Gasteiger partial charge in [-0.25, -0.2) is 4.79 Å². The van der Waals surface area contributed by atoms with Gasteiger partial charge in [0.1, 0.15) is 35.9 Å². The number of aliphatic hydroxyl groups is 3. The number of allylic oxidation sites excluding steroid dienone is 3. The van der Waals surface area contributed by atoms with Gasteiger partial charge in [-0.1, -0.05) is 39.0 Å². The van der Waals surface area contributed by atoms with Crippen molar-refractivity contribution in [2.45, 2.75) is 159 Å². The molecule has 1 amide bonds. The number of hydrogen-bond donors (Lipinski definition) is 3. The first kappa shape index (κ1) is 53.1. The van der Waals surface area contributed by atoms with Crippen molar-refractivity contribution in [1.82, 2.24) is 9.47 Å². The van der Waals surface area contributed by atoms with Crippen LogP contribution in [0.25, 0.3) is 10.9 Å². The molecule has 68 heavy (non-hydrogen) atoms. The van der Waals surface area contributed by atoms with Crippen LogP contribution >= 0.6 is 0 Å². The number of ketones is 2. The fraction of sp³-hybridized carbons (Fsp3) is 0.660. The number of ether oxygens (including phenoxy) is 6. The molecule has 3 N–H and O–H groups in total. The van der Waals surface area contributed by atoms with E-state index in [0.29, 0.717) is 36.8 Å². The van der Waals surface area contributed by atoms with E-state index in [2.05, 4.69) is 11.1 Å². The summed E-state index contributed by atoms with van der Waals surface area (Å²) >= 11 is 0. The molecule has 1 aliphatic carbocycles. The van der Waals surface area contributed by atoms with Gasteiger partial charge in [-0.05, 0) is 119 Å². The molecule has 2 aromatic rings. The average molecular weight is 949 g/mol. The van der Waals surface area contributed by atoms with E-state index in [1.54, 1.807) is 40.0 Å². The smallest absolute Gasteiger partial charge is 0.329 e. The number of cyclic esters (lactones) is 1. The van der Waals surface area contributed by atoms with Crippen LogP contribution in [0.5, 0.6) is 5.75 Å². The summed E-state index contributed by atoms with van der Waals surface area (Å²) in [6, 6.07) is 6.90. The Morgan fingerprint density at radius 2 is 1.63 bits per heavy atom. The zero-order chi connectivity index (χ0) is 49.6. The number of carbonyl (C=O) groups excluding carboxylic acids is 4. The molecule has 376 valence electrons. The van der Waals surface area contributed by atoms with Crippen molar-refractivity contribution in [2.24, 2.45) is 36.6 Å². The van der Waals surface area contributed by atoms with Crippen LogP contribution in [0.4, 0.5) is 0 Å². The maximum atomic E-state index is 14.6. The normalized spacial score (nSPS) is 36.6. The van der Waals surface area contributed by atoms with Crippen molar-refractivity contribution < 1.29 is 62.9 Å². The fourth-order valence-corrected chi connectivity index (χ4v) is 11.0. The summed E-state index contributed by atoms with van der Waals surface area (Å²) in [6.45, 7) is 12.6. The third kappa shape index (κ3) is 11.7. The van der Waals surface area contributed by atoms with Crippen LogP contribution in [0.1, 0.15) is 98.8 Å². The molecule has 4 heterocycles. The lowest BCUT2D eigenvalue weighted by molar-refractivity contribution is -0.302. The van der Waals surface area contributed by atoms with E-state index in [9.17, 15) is 34.5 Å². The molecule has 1 aromatic heterocycles. The van der Waals surface area contributed by atoms with Gasteiger partial charge < -0.3 is 53.2 Å². The predicted octanol–water partition coefficient (Wildman–Crippen LogP) is 6.19. The second-order valence-corrected chi connectivity index (χ2v) is 20.0. The Labute approximate surface area is 401 Å². The van der Waals surface area contributed by atoms with Crippen molar-refractivity contribution >= 4 is 34.3 Å². The van der Waals surface area contributed by atoms with Crippen LogP contribution in [-0.2, 0) is 49.9 Å². The van der Waals surface area contributed by atoms with Crippen molar-refractivity contribution in [1.29, 1.82) is 0 Å². The Morgan fingerprint density at radius 1 is 0.926 bits per heavy atom. The summed E-state index contributed by atoms with van der Waals surface area (Å²) in [5.74, 6) is -8.08. The highest BCUT2D eigenvalue weighted by Crippen LogP contribution is 2.40. The van der Waals surface area contributed by atoms with Crippen LogP contribution < -0.4 is 4.74 Å². The third-order valence-electron chi connectivity index (χ3n) is 15.3. The monoisotopic (exact) mass is 949 g/mol. The van der Waals surface area contributed by atoms with Crippen LogP contribution in [0.3, 0.4) is 0 Å². The lowest BCUT2D eigenvalue weighted by Crippen LogP contribution is -2.64. The number of nitrogens with zero attached hydrogens (tertiary/aromatic N) is 2. The SMILES string of the molecule is C=CCC1C=C(C)C(O)C(C)CC(OC)C2OC(O)(C(=O)C(=O)N3CCCCC3C(=O)OC(C(C)=CC3CCC(Oc4ccc5c(ccn5C)c4)C(OC)C3)C(C)C(O)CC1=O)C(C)CC2OC. The number of rotatable bonds is 9. The number of carbonyl (C=O) groups is 4. The van der Waals surface area contributed by atoms with Crippen molar-refractivity contribution in [2.75, 3.05) is 27.9 Å². The van der Waals surface area contributed by atoms with Gasteiger partial charge in [-0.15, -0.1) is 6.58 Å². The number of fused-ring (bicyclic) bond motifs is 4. The molecule has 3 aliphatic heterocycles. The van der Waals surface area contributed by atoms with Gasteiger partial charge in [0.25, 0.3) is 11.7 Å². The van der Waals surface area contributed by atoms with Crippen molar-refractivity contribution in [3.05, 3.63) is 66.4 Å². The highest BCUT2D eigenvalue weighted by molar-refractivity contribution is 6.39. The molecule has 0 radical (unpaired) electrons. The van der Waals surface area contributed by atoms with Crippen LogP contribution in [0.2, 0.25) is 0 Å². The largest absolute Gasteiger partial charge is 0.488 e. The maximum Gasteiger partial charge on any atom is 0.329 e. The average Bonchev–Trinajstić information content (AvgIpc) is 3.70. The summed E-state index contributed by atoms with van der Waals surface area (Å²) in [7, 11) is 6.61. The minimum atomic E-state index is -2.59. The van der Waals surface area contributed by atoms with Crippen molar-refractivity contribution in [3.8, 4) is 5.75 Å². The molecule has 15 atom stereocenters. The molecule has 1 aromatic carbocycles. The lowest BCUT2D eigenvalue weighted by atomic mass is 9.81. The summed E-state index contributed by atoms with van der Waals surface area (Å²) in [4.78, 5) is 58.7. The van der Waals surface area contributed by atoms with Gasteiger partial charge in [0.2, 0.25) is 5.79 Å². The van der Waals surface area contributed by atoms with Crippen molar-refractivity contribution in [3.63, 3.8) is 0 Å². The summed E-state index contributed by atoms with van der Waals surface area (Å²) in [5, 5.41) is 36.8. The Balaban J connectivity index is 1.33. The highest BCUT2D eigenvalue weighted by Gasteiger charge is 2.57. The molecule has 15 nitrogen and oxygen atoms in total. The molecule has 15 unspecified atom stereocenters. The van der Waals surface area contributed by atoms with Crippen LogP contribution in [0.15, 0.2) is 66.4 Å². The lowest BCUT2D eigenvalue weighted by Gasteiger charge is -2.47.